The second-order valence-corrected chi connectivity index (χ2v) is 4.18. The molecule has 1 rings (SSSR count). The van der Waals surface area contributed by atoms with Crippen LogP contribution >= 0.6 is 31.9 Å². The monoisotopic (exact) mass is 351 g/mol. The molecule has 1 aromatic heterocycles. The molecule has 0 aliphatic carbocycles. The molecule has 0 N–H and O–H groups in total. The minimum absolute atomic E-state index is 0.986. The molecule has 0 bridgehead atoms. The van der Waals surface area contributed by atoms with Gasteiger partial charge in [0.25, 0.3) is 0 Å². The lowest BCUT2D eigenvalue weighted by atomic mass is 10.3. The van der Waals surface area contributed by atoms with Crippen molar-refractivity contribution in [3.63, 3.8) is 0 Å². The van der Waals surface area contributed by atoms with E-state index >= 15 is 0 Å². The standard InChI is InChI=1S/C7H8Br2N.BF4/c1-2-10-5-6(8)3-4-7(10)9;2-1(3,4)5/h3-5H,2H2,1H3;/q+1;-1. The van der Waals surface area contributed by atoms with Crippen LogP contribution in [-0.4, -0.2) is 7.25 Å². The largest absolute Gasteiger partial charge is 0.673 e. The minimum Gasteiger partial charge on any atom is -0.418 e. The molecule has 1 aromatic rings. The molecule has 0 spiro atoms. The Morgan fingerprint density at radius 3 is 2.00 bits per heavy atom. The Balaban J connectivity index is 0.000000336. The predicted octanol–water partition coefficient (Wildman–Crippen LogP) is 3.82. The molecular weight excluding hydrogens is 345 g/mol. The molecule has 0 saturated heterocycles. The Kier molecular flexibility index (Phi) is 6.43. The van der Waals surface area contributed by atoms with E-state index in [1.165, 1.54) is 0 Å². The fourth-order valence-electron chi connectivity index (χ4n) is 0.740. The summed E-state index contributed by atoms with van der Waals surface area (Å²) >= 11 is 6.83. The van der Waals surface area contributed by atoms with Gasteiger partial charge in [0, 0.05) is 22.0 Å². The molecule has 0 unspecified atom stereocenters. The van der Waals surface area contributed by atoms with Gasteiger partial charge in [0.2, 0.25) is 4.60 Å². The van der Waals surface area contributed by atoms with Crippen molar-refractivity contribution in [3.8, 4) is 0 Å². The molecule has 1 nitrogen and oxygen atoms in total. The lowest BCUT2D eigenvalue weighted by Crippen LogP contribution is -2.33. The van der Waals surface area contributed by atoms with Gasteiger partial charge in [0.15, 0.2) is 6.20 Å². The maximum Gasteiger partial charge on any atom is 0.673 e. The zero-order valence-corrected chi connectivity index (χ0v) is 10.9. The fourth-order valence-corrected chi connectivity index (χ4v) is 1.60. The second kappa shape index (κ2) is 6.47. The lowest BCUT2D eigenvalue weighted by Gasteiger charge is -1.94. The third-order valence-corrected chi connectivity index (χ3v) is 2.46. The van der Waals surface area contributed by atoms with E-state index in [1.54, 1.807) is 0 Å². The summed E-state index contributed by atoms with van der Waals surface area (Å²) in [5.41, 5.74) is 0. The molecule has 1 heterocycles. The van der Waals surface area contributed by atoms with Crippen LogP contribution in [0.3, 0.4) is 0 Å². The average molecular weight is 353 g/mol. The molecule has 86 valence electrons. The van der Waals surface area contributed by atoms with Gasteiger partial charge in [0.1, 0.15) is 6.54 Å². The van der Waals surface area contributed by atoms with Crippen LogP contribution in [0.5, 0.6) is 0 Å². The van der Waals surface area contributed by atoms with Crippen molar-refractivity contribution in [1.82, 2.24) is 0 Å². The van der Waals surface area contributed by atoms with Crippen LogP contribution < -0.4 is 4.57 Å². The van der Waals surface area contributed by atoms with E-state index in [1.807, 2.05) is 18.3 Å². The highest BCUT2D eigenvalue weighted by atomic mass is 79.9. The number of pyridine rings is 1. The number of halogens is 6. The highest BCUT2D eigenvalue weighted by Crippen LogP contribution is 2.09. The summed E-state index contributed by atoms with van der Waals surface area (Å²) in [4.78, 5) is 0. The van der Waals surface area contributed by atoms with Crippen LogP contribution in [0.15, 0.2) is 27.4 Å². The Bertz CT molecular complexity index is 312. The minimum atomic E-state index is -6.00. The van der Waals surface area contributed by atoms with E-state index < -0.39 is 7.25 Å². The molecule has 15 heavy (non-hydrogen) atoms. The van der Waals surface area contributed by atoms with E-state index in [9.17, 15) is 17.3 Å². The van der Waals surface area contributed by atoms with Crippen LogP contribution in [0.25, 0.3) is 0 Å². The van der Waals surface area contributed by atoms with E-state index in [-0.39, 0.29) is 0 Å². The van der Waals surface area contributed by atoms with Crippen LogP contribution in [-0.2, 0) is 6.54 Å². The summed E-state index contributed by atoms with van der Waals surface area (Å²) in [6.45, 7) is 3.09. The van der Waals surface area contributed by atoms with Gasteiger partial charge in [-0.1, -0.05) is 0 Å². The Morgan fingerprint density at radius 1 is 1.20 bits per heavy atom. The zero-order chi connectivity index (χ0) is 12.1. The molecule has 8 heteroatoms. The fraction of sp³-hybridized carbons (Fsp3) is 0.286. The first-order valence-electron chi connectivity index (χ1n) is 3.96. The van der Waals surface area contributed by atoms with E-state index in [4.69, 9.17) is 0 Å². The first-order chi connectivity index (χ1) is 6.74. The third-order valence-electron chi connectivity index (χ3n) is 1.27. The lowest BCUT2D eigenvalue weighted by molar-refractivity contribution is -0.704. The third kappa shape index (κ3) is 8.86. The first kappa shape index (κ1) is 14.9. The summed E-state index contributed by atoms with van der Waals surface area (Å²) in [5.74, 6) is 0. The van der Waals surface area contributed by atoms with Crippen molar-refractivity contribution in [2.24, 2.45) is 0 Å². The highest BCUT2D eigenvalue weighted by molar-refractivity contribution is 9.10. The average Bonchev–Trinajstić information content (AvgIpc) is 2.06. The number of rotatable bonds is 1. The van der Waals surface area contributed by atoms with Gasteiger partial charge >= 0.3 is 7.25 Å². The van der Waals surface area contributed by atoms with Crippen molar-refractivity contribution in [3.05, 3.63) is 27.4 Å². The number of nitrogens with zero attached hydrogens (tertiary/aromatic N) is 1. The van der Waals surface area contributed by atoms with Crippen molar-refractivity contribution in [2.45, 2.75) is 13.5 Å². The summed E-state index contributed by atoms with van der Waals surface area (Å²) in [7, 11) is -6.00. The molecule has 0 atom stereocenters. The summed E-state index contributed by atoms with van der Waals surface area (Å²) in [6.07, 6.45) is 2.05. The first-order valence-corrected chi connectivity index (χ1v) is 5.54. The van der Waals surface area contributed by atoms with E-state index in [2.05, 4.69) is 43.4 Å². The van der Waals surface area contributed by atoms with Gasteiger partial charge in [-0.25, -0.2) is 0 Å². The molecular formula is C7H8BBr2F4N. The second-order valence-electron chi connectivity index (χ2n) is 2.45. The van der Waals surface area contributed by atoms with Gasteiger partial charge in [-0.05, 0) is 28.9 Å². The van der Waals surface area contributed by atoms with Crippen LogP contribution in [0.1, 0.15) is 6.92 Å². The van der Waals surface area contributed by atoms with Crippen LogP contribution in [0, 0.1) is 0 Å². The maximum atomic E-state index is 9.75. The number of aryl methyl sites for hydroxylation is 1. The van der Waals surface area contributed by atoms with Crippen molar-refractivity contribution >= 4 is 39.1 Å². The number of aromatic nitrogens is 1. The van der Waals surface area contributed by atoms with Gasteiger partial charge in [0.05, 0.1) is 4.47 Å². The summed E-state index contributed by atoms with van der Waals surface area (Å²) in [6, 6.07) is 4.03. The SMILES string of the molecule is CC[n+]1cc(Br)ccc1Br.F[B-](F)(F)F. The molecule has 0 aromatic carbocycles. The van der Waals surface area contributed by atoms with Gasteiger partial charge in [-0.3, -0.25) is 0 Å². The summed E-state index contributed by atoms with van der Waals surface area (Å²) in [5, 5.41) is 0. The Morgan fingerprint density at radius 2 is 1.67 bits per heavy atom. The molecule has 0 amide bonds. The normalized spacial score (nSPS) is 10.6. The van der Waals surface area contributed by atoms with E-state index in [0.29, 0.717) is 0 Å². The van der Waals surface area contributed by atoms with Crippen LogP contribution in [0.2, 0.25) is 0 Å². The highest BCUT2D eigenvalue weighted by Gasteiger charge is 2.20. The molecule has 0 aliphatic heterocycles. The molecule has 0 fully saturated rings. The van der Waals surface area contributed by atoms with Crippen LogP contribution in [0.4, 0.5) is 17.3 Å². The smallest absolute Gasteiger partial charge is 0.418 e. The van der Waals surface area contributed by atoms with Gasteiger partial charge < -0.3 is 17.3 Å². The number of hydrogen-bond acceptors (Lipinski definition) is 0. The van der Waals surface area contributed by atoms with Crippen molar-refractivity contribution in [1.29, 1.82) is 0 Å². The topological polar surface area (TPSA) is 3.88 Å². The maximum absolute atomic E-state index is 9.75. The van der Waals surface area contributed by atoms with Crippen molar-refractivity contribution in [2.75, 3.05) is 0 Å². The summed E-state index contributed by atoms with van der Waals surface area (Å²) < 4.78 is 43.3. The molecule has 0 saturated carbocycles. The molecule has 0 aliphatic rings. The Labute approximate surface area is 102 Å². The van der Waals surface area contributed by atoms with Gasteiger partial charge in [-0.2, -0.15) is 4.57 Å². The van der Waals surface area contributed by atoms with Gasteiger partial charge in [-0.15, -0.1) is 0 Å². The number of hydrogen-bond donors (Lipinski definition) is 0. The molecule has 0 radical (unpaired) electrons. The van der Waals surface area contributed by atoms with E-state index in [0.717, 1.165) is 15.6 Å². The zero-order valence-electron chi connectivity index (χ0n) is 7.73. The quantitative estimate of drug-likeness (QED) is 0.313. The van der Waals surface area contributed by atoms with Crippen molar-refractivity contribution < 1.29 is 21.8 Å². The Hall–Kier alpha value is -0.105. The predicted molar refractivity (Wildman–Crippen MR) is 57.9 cm³/mol.